The Labute approximate surface area is 221 Å². The van der Waals surface area contributed by atoms with Gasteiger partial charge in [0, 0.05) is 11.1 Å². The molecule has 0 radical (unpaired) electrons. The molecule has 4 unspecified atom stereocenters. The Morgan fingerprint density at radius 3 is 2.27 bits per heavy atom. The third kappa shape index (κ3) is 4.12. The van der Waals surface area contributed by atoms with Gasteiger partial charge in [-0.15, -0.1) is 0 Å². The summed E-state index contributed by atoms with van der Waals surface area (Å²) in [5.41, 5.74) is 1.55. The summed E-state index contributed by atoms with van der Waals surface area (Å²) in [5.74, 6) is -3.67. The Bertz CT molecular complexity index is 1260. The molecule has 2 aliphatic heterocycles. The quantitative estimate of drug-likeness (QED) is 0.463. The van der Waals surface area contributed by atoms with Gasteiger partial charge in [-0.2, -0.15) is 0 Å². The van der Waals surface area contributed by atoms with Gasteiger partial charge in [-0.25, -0.2) is 4.90 Å². The number of amides is 2. The molecule has 2 aromatic carbocycles. The average molecular weight is 525 g/mol. The number of aliphatic carboxylic acids is 1. The molecule has 0 bridgehead atoms. The maximum absolute atomic E-state index is 14.0. The number of nitrogens with one attached hydrogen (secondary N) is 1. The number of hydrogen-bond donors (Lipinski definition) is 3. The zero-order chi connectivity index (χ0) is 26.6. The third-order valence-corrected chi connectivity index (χ3v) is 9.06. The van der Waals surface area contributed by atoms with E-state index in [-0.39, 0.29) is 18.1 Å². The lowest BCUT2D eigenvalue weighted by molar-refractivity contribution is -0.150. The summed E-state index contributed by atoms with van der Waals surface area (Å²) >= 11 is 6.34. The summed E-state index contributed by atoms with van der Waals surface area (Å²) in [5, 5.41) is 24.8. The molecule has 196 valence electrons. The first-order valence-electron chi connectivity index (χ1n) is 13.0. The highest BCUT2D eigenvalue weighted by atomic mass is 35.5. The second-order valence-electron chi connectivity index (χ2n) is 11.1. The zero-order valence-corrected chi connectivity index (χ0v) is 22.1. The molecule has 1 saturated carbocycles. The van der Waals surface area contributed by atoms with Gasteiger partial charge in [0.1, 0.15) is 11.3 Å². The van der Waals surface area contributed by atoms with Gasteiger partial charge in [-0.05, 0) is 67.5 Å². The van der Waals surface area contributed by atoms with Crippen LogP contribution in [-0.4, -0.2) is 33.5 Å². The van der Waals surface area contributed by atoms with Gasteiger partial charge in [0.15, 0.2) is 0 Å². The van der Waals surface area contributed by atoms with Gasteiger partial charge >= 0.3 is 5.97 Å². The Morgan fingerprint density at radius 1 is 1.03 bits per heavy atom. The number of hydrogen-bond acceptors (Lipinski definition) is 5. The predicted molar refractivity (Wildman–Crippen MR) is 141 cm³/mol. The number of carbonyl (C=O) groups is 3. The number of halogens is 1. The van der Waals surface area contributed by atoms with E-state index >= 15 is 0 Å². The van der Waals surface area contributed by atoms with Crippen LogP contribution in [0.5, 0.6) is 5.75 Å². The van der Waals surface area contributed by atoms with Crippen LogP contribution in [0.2, 0.25) is 5.02 Å². The number of aromatic hydroxyl groups is 1. The van der Waals surface area contributed by atoms with Crippen LogP contribution in [0.4, 0.5) is 5.69 Å². The van der Waals surface area contributed by atoms with Gasteiger partial charge < -0.3 is 10.2 Å². The molecule has 2 saturated heterocycles. The fourth-order valence-corrected chi connectivity index (χ4v) is 6.93. The van der Waals surface area contributed by atoms with Crippen LogP contribution in [0, 0.1) is 38.5 Å². The first kappa shape index (κ1) is 25.7. The number of phenols is 1. The molecule has 3 N–H and O–H groups in total. The van der Waals surface area contributed by atoms with E-state index in [1.165, 1.54) is 0 Å². The summed E-state index contributed by atoms with van der Waals surface area (Å²) in [6.07, 6.45) is 5.32. The van der Waals surface area contributed by atoms with Crippen molar-refractivity contribution in [3.8, 4) is 5.75 Å². The number of imide groups is 1. The third-order valence-electron chi connectivity index (χ3n) is 8.66. The van der Waals surface area contributed by atoms with E-state index in [2.05, 4.69) is 5.32 Å². The Morgan fingerprint density at radius 2 is 1.68 bits per heavy atom. The smallest absolute Gasteiger partial charge is 0.324 e. The summed E-state index contributed by atoms with van der Waals surface area (Å²) in [6, 6.07) is 7.89. The van der Waals surface area contributed by atoms with Crippen molar-refractivity contribution in [2.45, 2.75) is 70.9 Å². The minimum Gasteiger partial charge on any atom is -0.507 e. The van der Waals surface area contributed by atoms with E-state index in [4.69, 9.17) is 11.6 Å². The van der Waals surface area contributed by atoms with Gasteiger partial charge in [-0.3, -0.25) is 19.7 Å². The van der Waals surface area contributed by atoms with Gasteiger partial charge in [0.25, 0.3) is 0 Å². The molecule has 3 aliphatic rings. The molecule has 5 rings (SSSR count). The minimum absolute atomic E-state index is 0.158. The highest BCUT2D eigenvalue weighted by Gasteiger charge is 2.69. The van der Waals surface area contributed by atoms with Gasteiger partial charge in [0.05, 0.1) is 17.5 Å². The van der Waals surface area contributed by atoms with Gasteiger partial charge in [0.2, 0.25) is 11.8 Å². The van der Waals surface area contributed by atoms with Crippen molar-refractivity contribution in [2.24, 2.45) is 17.8 Å². The normalized spacial score (nSPS) is 28.1. The summed E-state index contributed by atoms with van der Waals surface area (Å²) < 4.78 is 0. The monoisotopic (exact) mass is 524 g/mol. The van der Waals surface area contributed by atoms with Crippen molar-refractivity contribution in [3.63, 3.8) is 0 Å². The lowest BCUT2D eigenvalue weighted by Crippen LogP contribution is -2.57. The number of carbonyl (C=O) groups excluding carboxylic acids is 2. The molecule has 37 heavy (non-hydrogen) atoms. The topological polar surface area (TPSA) is 107 Å². The van der Waals surface area contributed by atoms with Gasteiger partial charge in [-0.1, -0.05) is 61.9 Å². The molecule has 0 spiro atoms. The number of carboxylic acid groups (broad SMARTS) is 1. The molecular formula is C29H33ClN2O5. The summed E-state index contributed by atoms with van der Waals surface area (Å²) in [7, 11) is 0. The van der Waals surface area contributed by atoms with Crippen molar-refractivity contribution < 1.29 is 24.6 Å². The molecule has 8 heteroatoms. The standard InChI is InChI=1S/C29H33ClN2O5/c1-15-9-10-20(13-21(15)30)32-26(34)22-23(27(32)35)29(28(36)37,14-18-7-5-4-6-8-18)31-24(22)19-11-16(2)25(33)17(3)12-19/h9-13,18,22-24,31,33H,4-8,14H2,1-3H3,(H,36,37). The second kappa shape index (κ2) is 9.44. The highest BCUT2D eigenvalue weighted by molar-refractivity contribution is 6.32. The number of phenolic OH excluding ortho intramolecular Hbond substituents is 1. The van der Waals surface area contributed by atoms with Crippen molar-refractivity contribution >= 4 is 35.1 Å². The predicted octanol–water partition coefficient (Wildman–Crippen LogP) is 5.21. The van der Waals surface area contributed by atoms with Crippen molar-refractivity contribution in [2.75, 3.05) is 4.90 Å². The number of benzene rings is 2. The Hall–Kier alpha value is -2.90. The zero-order valence-electron chi connectivity index (χ0n) is 21.4. The Kier molecular flexibility index (Phi) is 6.57. The molecule has 4 atom stereocenters. The van der Waals surface area contributed by atoms with Crippen molar-refractivity contribution in [3.05, 3.63) is 57.6 Å². The minimum atomic E-state index is -1.58. The molecule has 2 heterocycles. The largest absolute Gasteiger partial charge is 0.507 e. The fourth-order valence-electron chi connectivity index (χ4n) is 6.75. The number of carboxylic acids is 1. The van der Waals surface area contributed by atoms with E-state index in [0.717, 1.165) is 42.6 Å². The molecule has 3 fully saturated rings. The van der Waals surface area contributed by atoms with E-state index < -0.39 is 41.2 Å². The first-order chi connectivity index (χ1) is 17.5. The van der Waals surface area contributed by atoms with E-state index in [1.807, 2.05) is 6.92 Å². The fraction of sp³-hybridized carbons (Fsp3) is 0.483. The molecule has 1 aliphatic carbocycles. The molecular weight excluding hydrogens is 492 g/mol. The van der Waals surface area contributed by atoms with Crippen LogP contribution in [0.15, 0.2) is 30.3 Å². The number of aryl methyl sites for hydroxylation is 3. The molecule has 0 aromatic heterocycles. The maximum Gasteiger partial charge on any atom is 0.324 e. The van der Waals surface area contributed by atoms with E-state index in [1.54, 1.807) is 44.2 Å². The van der Waals surface area contributed by atoms with Crippen LogP contribution in [-0.2, 0) is 14.4 Å². The van der Waals surface area contributed by atoms with E-state index in [9.17, 15) is 24.6 Å². The average Bonchev–Trinajstić information content (AvgIpc) is 3.34. The molecule has 2 amide bonds. The number of nitrogens with zero attached hydrogens (tertiary/aromatic N) is 1. The van der Waals surface area contributed by atoms with Crippen molar-refractivity contribution in [1.29, 1.82) is 0 Å². The number of fused-ring (bicyclic) bond motifs is 1. The van der Waals surface area contributed by atoms with Crippen LogP contribution in [0.25, 0.3) is 0 Å². The molecule has 2 aromatic rings. The second-order valence-corrected chi connectivity index (χ2v) is 11.5. The first-order valence-corrected chi connectivity index (χ1v) is 13.4. The van der Waals surface area contributed by atoms with Crippen LogP contribution in [0.1, 0.15) is 66.8 Å². The molecule has 7 nitrogen and oxygen atoms in total. The van der Waals surface area contributed by atoms with Crippen LogP contribution in [0.3, 0.4) is 0 Å². The lowest BCUT2D eigenvalue weighted by atomic mass is 9.72. The SMILES string of the molecule is Cc1ccc(N2C(=O)C3C(c4cc(C)c(O)c(C)c4)NC(CC4CCCCC4)(C(=O)O)C3C2=O)cc1Cl. The van der Waals surface area contributed by atoms with Crippen LogP contribution < -0.4 is 10.2 Å². The van der Waals surface area contributed by atoms with Crippen molar-refractivity contribution in [1.82, 2.24) is 5.32 Å². The highest BCUT2D eigenvalue weighted by Crippen LogP contribution is 2.53. The summed E-state index contributed by atoms with van der Waals surface area (Å²) in [4.78, 5) is 42.3. The number of rotatable bonds is 5. The number of anilines is 1. The van der Waals surface area contributed by atoms with Crippen LogP contribution >= 0.6 is 11.6 Å². The lowest BCUT2D eigenvalue weighted by Gasteiger charge is -2.35. The van der Waals surface area contributed by atoms with E-state index in [0.29, 0.717) is 27.4 Å². The maximum atomic E-state index is 14.0. The Balaban J connectivity index is 1.64. The summed E-state index contributed by atoms with van der Waals surface area (Å²) in [6.45, 7) is 5.38.